The van der Waals surface area contributed by atoms with Crippen LogP contribution in [0.4, 0.5) is 18.9 Å². The molecule has 152 valence electrons. The average Bonchev–Trinajstić information content (AvgIpc) is 2.67. The van der Waals surface area contributed by atoms with Gasteiger partial charge in [0, 0.05) is 5.39 Å². The lowest BCUT2D eigenvalue weighted by Gasteiger charge is -2.12. The van der Waals surface area contributed by atoms with Crippen LogP contribution in [0, 0.1) is 6.92 Å². The molecule has 3 aromatic rings. The highest BCUT2D eigenvalue weighted by atomic mass is 35.5. The number of methoxy groups -OCH3 is 1. The maximum absolute atomic E-state index is 12.9. The highest BCUT2D eigenvalue weighted by molar-refractivity contribution is 7.99. The number of thioether (sulfide) groups is 1. The van der Waals surface area contributed by atoms with Crippen molar-refractivity contribution in [2.45, 2.75) is 18.1 Å². The third kappa shape index (κ3) is 4.94. The molecular formula is C20H16ClF3N2O2S. The highest BCUT2D eigenvalue weighted by Gasteiger charge is 2.31. The topological polar surface area (TPSA) is 51.2 Å². The largest absolute Gasteiger partial charge is 0.494 e. The first-order valence-corrected chi connectivity index (χ1v) is 9.79. The van der Waals surface area contributed by atoms with E-state index >= 15 is 0 Å². The molecule has 0 radical (unpaired) electrons. The first-order chi connectivity index (χ1) is 13.7. The predicted molar refractivity (Wildman–Crippen MR) is 109 cm³/mol. The predicted octanol–water partition coefficient (Wildman–Crippen LogP) is 5.95. The van der Waals surface area contributed by atoms with E-state index in [1.54, 1.807) is 13.2 Å². The number of ether oxygens (including phenoxy) is 1. The van der Waals surface area contributed by atoms with Crippen molar-refractivity contribution < 1.29 is 22.7 Å². The van der Waals surface area contributed by atoms with E-state index in [-0.39, 0.29) is 16.5 Å². The van der Waals surface area contributed by atoms with Gasteiger partial charge in [-0.25, -0.2) is 4.98 Å². The molecule has 9 heteroatoms. The van der Waals surface area contributed by atoms with Crippen molar-refractivity contribution in [1.29, 1.82) is 0 Å². The summed E-state index contributed by atoms with van der Waals surface area (Å²) in [5.74, 6) is 0.0868. The maximum atomic E-state index is 12.9. The molecule has 0 spiro atoms. The van der Waals surface area contributed by atoms with Gasteiger partial charge < -0.3 is 10.1 Å². The van der Waals surface area contributed by atoms with Gasteiger partial charge in [-0.1, -0.05) is 35.5 Å². The molecule has 3 rings (SSSR count). The Labute approximate surface area is 174 Å². The van der Waals surface area contributed by atoms with Crippen LogP contribution in [0.5, 0.6) is 5.75 Å². The normalized spacial score (nSPS) is 11.5. The Bertz CT molecular complexity index is 1070. The molecule has 1 heterocycles. The molecule has 0 saturated heterocycles. The van der Waals surface area contributed by atoms with Crippen LogP contribution in [0.2, 0.25) is 5.02 Å². The van der Waals surface area contributed by atoms with Gasteiger partial charge >= 0.3 is 6.18 Å². The summed E-state index contributed by atoms with van der Waals surface area (Å²) in [6.45, 7) is 1.93. The molecule has 1 aromatic heterocycles. The van der Waals surface area contributed by atoms with Gasteiger partial charge in [0.05, 0.1) is 34.2 Å². The van der Waals surface area contributed by atoms with Gasteiger partial charge in [-0.3, -0.25) is 4.79 Å². The number of aromatic nitrogens is 1. The second-order valence-electron chi connectivity index (χ2n) is 6.16. The second-order valence-corrected chi connectivity index (χ2v) is 7.57. The quantitative estimate of drug-likeness (QED) is 0.498. The number of carbonyl (C=O) groups is 1. The maximum Gasteiger partial charge on any atom is 0.416 e. The fraction of sp³-hybridized carbons (Fsp3) is 0.200. The standard InChI is InChI=1S/C20H16ClF3N2O2S/c1-11-8-18(26-19-13(11)4-3-5-16(19)28-2)29-10-17(27)25-15-9-12(20(22,23)24)6-7-14(15)21/h3-9H,10H2,1-2H3,(H,25,27). The molecule has 4 nitrogen and oxygen atoms in total. The number of pyridine rings is 1. The second kappa shape index (κ2) is 8.51. The molecule has 0 atom stereocenters. The van der Waals surface area contributed by atoms with E-state index in [4.69, 9.17) is 16.3 Å². The Hall–Kier alpha value is -2.45. The Morgan fingerprint density at radius 2 is 2.00 bits per heavy atom. The van der Waals surface area contributed by atoms with Crippen LogP contribution in [0.3, 0.4) is 0 Å². The van der Waals surface area contributed by atoms with E-state index in [1.165, 1.54) is 11.8 Å². The number of rotatable bonds is 5. The molecule has 1 amide bonds. The first-order valence-electron chi connectivity index (χ1n) is 8.43. The fourth-order valence-electron chi connectivity index (χ4n) is 2.72. The summed E-state index contributed by atoms with van der Waals surface area (Å²) in [7, 11) is 1.55. The van der Waals surface area contributed by atoms with Crippen LogP contribution >= 0.6 is 23.4 Å². The third-order valence-corrected chi connectivity index (χ3v) is 5.37. The summed E-state index contributed by atoms with van der Waals surface area (Å²) >= 11 is 7.08. The van der Waals surface area contributed by atoms with Gasteiger partial charge in [-0.2, -0.15) is 13.2 Å². The lowest BCUT2D eigenvalue weighted by Crippen LogP contribution is -2.15. The minimum absolute atomic E-state index is 0.0285. The zero-order valence-corrected chi connectivity index (χ0v) is 17.0. The van der Waals surface area contributed by atoms with Crippen molar-refractivity contribution in [2.75, 3.05) is 18.2 Å². The molecule has 0 aliphatic heterocycles. The number of hydrogen-bond acceptors (Lipinski definition) is 4. The molecule has 0 aliphatic carbocycles. The number of carbonyl (C=O) groups excluding carboxylic acids is 1. The van der Waals surface area contributed by atoms with Gasteiger partial charge in [0.25, 0.3) is 0 Å². The van der Waals surface area contributed by atoms with Crippen molar-refractivity contribution in [3.05, 3.63) is 58.6 Å². The molecule has 0 bridgehead atoms. The van der Waals surface area contributed by atoms with Crippen LogP contribution in [0.15, 0.2) is 47.5 Å². The lowest BCUT2D eigenvalue weighted by molar-refractivity contribution is -0.137. The summed E-state index contributed by atoms with van der Waals surface area (Å²) in [6.07, 6.45) is -4.52. The molecule has 0 aliphatic rings. The monoisotopic (exact) mass is 440 g/mol. The third-order valence-electron chi connectivity index (χ3n) is 4.12. The smallest absolute Gasteiger partial charge is 0.416 e. The van der Waals surface area contributed by atoms with Crippen LogP contribution < -0.4 is 10.1 Å². The Morgan fingerprint density at radius 1 is 1.24 bits per heavy atom. The van der Waals surface area contributed by atoms with Crippen molar-refractivity contribution in [1.82, 2.24) is 4.98 Å². The number of fused-ring (bicyclic) bond motifs is 1. The van der Waals surface area contributed by atoms with Crippen LogP contribution in [-0.4, -0.2) is 23.8 Å². The summed E-state index contributed by atoms with van der Waals surface area (Å²) in [4.78, 5) is 16.8. The fourth-order valence-corrected chi connectivity index (χ4v) is 3.66. The molecular weight excluding hydrogens is 425 g/mol. The van der Waals surface area contributed by atoms with Gasteiger partial charge in [-0.15, -0.1) is 0 Å². The summed E-state index contributed by atoms with van der Waals surface area (Å²) in [5, 5.41) is 3.99. The zero-order chi connectivity index (χ0) is 21.2. The van der Waals surface area contributed by atoms with Crippen molar-refractivity contribution in [3.8, 4) is 5.75 Å². The highest BCUT2D eigenvalue weighted by Crippen LogP contribution is 2.34. The lowest BCUT2D eigenvalue weighted by atomic mass is 10.1. The number of hydrogen-bond donors (Lipinski definition) is 1. The van der Waals surface area contributed by atoms with Crippen molar-refractivity contribution >= 4 is 45.9 Å². The minimum Gasteiger partial charge on any atom is -0.494 e. The van der Waals surface area contributed by atoms with Gasteiger partial charge in [-0.05, 0) is 42.8 Å². The van der Waals surface area contributed by atoms with Crippen molar-refractivity contribution in [3.63, 3.8) is 0 Å². The molecule has 29 heavy (non-hydrogen) atoms. The number of alkyl halides is 3. The summed E-state index contributed by atoms with van der Waals surface area (Å²) < 4.78 is 43.9. The van der Waals surface area contributed by atoms with E-state index in [0.29, 0.717) is 16.3 Å². The Morgan fingerprint density at radius 3 is 2.69 bits per heavy atom. The minimum atomic E-state index is -4.52. The molecule has 2 aromatic carbocycles. The summed E-state index contributed by atoms with van der Waals surface area (Å²) in [5.41, 5.74) is 0.678. The van der Waals surface area contributed by atoms with E-state index in [1.807, 2.05) is 25.1 Å². The number of benzene rings is 2. The molecule has 0 fully saturated rings. The van der Waals surface area contributed by atoms with Crippen molar-refractivity contribution in [2.24, 2.45) is 0 Å². The number of aryl methyl sites for hydroxylation is 1. The van der Waals surface area contributed by atoms with Gasteiger partial charge in [0.1, 0.15) is 11.3 Å². The first kappa shape index (κ1) is 21.3. The zero-order valence-electron chi connectivity index (χ0n) is 15.4. The number of nitrogens with zero attached hydrogens (tertiary/aromatic N) is 1. The number of anilines is 1. The number of amides is 1. The van der Waals surface area contributed by atoms with Crippen LogP contribution in [0.1, 0.15) is 11.1 Å². The molecule has 1 N–H and O–H groups in total. The summed E-state index contributed by atoms with van der Waals surface area (Å²) in [6, 6.07) is 10.2. The van der Waals surface area contributed by atoms with Gasteiger partial charge in [0.2, 0.25) is 5.91 Å². The number of halogens is 4. The van der Waals surface area contributed by atoms with Crippen LogP contribution in [-0.2, 0) is 11.0 Å². The van der Waals surface area contributed by atoms with Gasteiger partial charge in [0.15, 0.2) is 0 Å². The van der Waals surface area contributed by atoms with E-state index in [2.05, 4.69) is 10.3 Å². The Balaban J connectivity index is 1.75. The van der Waals surface area contributed by atoms with Crippen LogP contribution in [0.25, 0.3) is 10.9 Å². The molecule has 0 saturated carbocycles. The van der Waals surface area contributed by atoms with E-state index < -0.39 is 17.6 Å². The average molecular weight is 441 g/mol. The van der Waals surface area contributed by atoms with E-state index in [0.717, 1.165) is 29.1 Å². The number of para-hydroxylation sites is 1. The Kier molecular flexibility index (Phi) is 6.24. The number of nitrogens with one attached hydrogen (secondary N) is 1. The van der Waals surface area contributed by atoms with E-state index in [9.17, 15) is 18.0 Å². The molecule has 0 unspecified atom stereocenters. The SMILES string of the molecule is COc1cccc2c(C)cc(SCC(=O)Nc3cc(C(F)(F)F)ccc3Cl)nc12.